The van der Waals surface area contributed by atoms with Gasteiger partial charge in [0.25, 0.3) is 0 Å². The molecule has 0 radical (unpaired) electrons. The zero-order chi connectivity index (χ0) is 17.1. The van der Waals surface area contributed by atoms with Crippen molar-refractivity contribution in [2.45, 2.75) is 6.92 Å². The van der Waals surface area contributed by atoms with Crippen LogP contribution in [-0.4, -0.2) is 15.0 Å². The Morgan fingerprint density at radius 3 is 1.96 bits per heavy atom. The SMILES string of the molecule is Cc1cc(-c2ccc(-c3ccccc3)cc2)nc(-c2ccncc2)n1. The van der Waals surface area contributed by atoms with E-state index in [1.165, 1.54) is 11.1 Å². The molecule has 0 aliphatic carbocycles. The highest BCUT2D eigenvalue weighted by Crippen LogP contribution is 2.25. The Labute approximate surface area is 147 Å². The van der Waals surface area contributed by atoms with Gasteiger partial charge in [-0.3, -0.25) is 4.98 Å². The van der Waals surface area contributed by atoms with E-state index in [-0.39, 0.29) is 0 Å². The number of pyridine rings is 1. The van der Waals surface area contributed by atoms with Crippen LogP contribution in [0.4, 0.5) is 0 Å². The molecule has 0 spiro atoms. The second kappa shape index (κ2) is 6.65. The van der Waals surface area contributed by atoms with Crippen LogP contribution in [0.5, 0.6) is 0 Å². The Kier molecular flexibility index (Phi) is 4.05. The highest BCUT2D eigenvalue weighted by molar-refractivity contribution is 5.70. The molecule has 4 rings (SSSR count). The monoisotopic (exact) mass is 323 g/mol. The van der Waals surface area contributed by atoms with Gasteiger partial charge in [0.1, 0.15) is 0 Å². The van der Waals surface area contributed by atoms with E-state index in [1.807, 2.05) is 31.2 Å². The topological polar surface area (TPSA) is 38.7 Å². The first-order chi connectivity index (χ1) is 12.3. The molecule has 0 atom stereocenters. The second-order valence-electron chi connectivity index (χ2n) is 5.90. The number of rotatable bonds is 3. The lowest BCUT2D eigenvalue weighted by Crippen LogP contribution is -1.95. The van der Waals surface area contributed by atoms with Gasteiger partial charge in [-0.25, -0.2) is 9.97 Å². The quantitative estimate of drug-likeness (QED) is 0.521. The van der Waals surface area contributed by atoms with Gasteiger partial charge in [0.2, 0.25) is 0 Å². The van der Waals surface area contributed by atoms with Crippen LogP contribution in [0.25, 0.3) is 33.8 Å². The highest BCUT2D eigenvalue weighted by atomic mass is 14.9. The van der Waals surface area contributed by atoms with E-state index in [0.717, 1.165) is 28.3 Å². The number of aromatic nitrogens is 3. The van der Waals surface area contributed by atoms with Gasteiger partial charge in [0.05, 0.1) is 5.69 Å². The molecule has 0 bridgehead atoms. The molecule has 0 N–H and O–H groups in total. The minimum atomic E-state index is 0.726. The van der Waals surface area contributed by atoms with Crippen LogP contribution in [0.15, 0.2) is 85.2 Å². The van der Waals surface area contributed by atoms with Gasteiger partial charge >= 0.3 is 0 Å². The van der Waals surface area contributed by atoms with Gasteiger partial charge in [-0.05, 0) is 36.2 Å². The maximum absolute atomic E-state index is 4.74. The molecule has 120 valence electrons. The van der Waals surface area contributed by atoms with Crippen molar-refractivity contribution >= 4 is 0 Å². The van der Waals surface area contributed by atoms with E-state index in [9.17, 15) is 0 Å². The van der Waals surface area contributed by atoms with E-state index in [1.54, 1.807) is 12.4 Å². The summed E-state index contributed by atoms with van der Waals surface area (Å²) < 4.78 is 0. The minimum Gasteiger partial charge on any atom is -0.265 e. The normalized spacial score (nSPS) is 10.6. The van der Waals surface area contributed by atoms with Crippen molar-refractivity contribution in [3.63, 3.8) is 0 Å². The van der Waals surface area contributed by atoms with Gasteiger partial charge in [0, 0.05) is 29.2 Å². The number of hydrogen-bond donors (Lipinski definition) is 0. The smallest absolute Gasteiger partial charge is 0.160 e. The van der Waals surface area contributed by atoms with Gasteiger partial charge in [0.15, 0.2) is 5.82 Å². The maximum Gasteiger partial charge on any atom is 0.160 e. The Hall–Kier alpha value is -3.33. The number of hydrogen-bond acceptors (Lipinski definition) is 3. The number of aryl methyl sites for hydroxylation is 1. The van der Waals surface area contributed by atoms with Crippen LogP contribution in [0.3, 0.4) is 0 Å². The summed E-state index contributed by atoms with van der Waals surface area (Å²) in [4.78, 5) is 13.4. The molecule has 2 heterocycles. The van der Waals surface area contributed by atoms with Crippen molar-refractivity contribution in [1.82, 2.24) is 15.0 Å². The molecule has 0 saturated heterocycles. The second-order valence-corrected chi connectivity index (χ2v) is 5.90. The minimum absolute atomic E-state index is 0.726. The van der Waals surface area contributed by atoms with E-state index >= 15 is 0 Å². The molecular formula is C22H17N3. The number of benzene rings is 2. The molecule has 0 aliphatic rings. The van der Waals surface area contributed by atoms with Crippen LogP contribution in [0.2, 0.25) is 0 Å². The zero-order valence-corrected chi connectivity index (χ0v) is 13.9. The highest BCUT2D eigenvalue weighted by Gasteiger charge is 2.07. The number of nitrogens with zero attached hydrogens (tertiary/aromatic N) is 3. The average Bonchev–Trinajstić information content (AvgIpc) is 2.69. The van der Waals surface area contributed by atoms with Crippen molar-refractivity contribution in [3.05, 3.63) is 90.9 Å². The van der Waals surface area contributed by atoms with Crippen LogP contribution >= 0.6 is 0 Å². The predicted molar refractivity (Wildman–Crippen MR) is 101 cm³/mol. The Balaban J connectivity index is 1.71. The van der Waals surface area contributed by atoms with Crippen molar-refractivity contribution < 1.29 is 0 Å². The third-order valence-electron chi connectivity index (χ3n) is 4.08. The van der Waals surface area contributed by atoms with Gasteiger partial charge < -0.3 is 0 Å². The molecule has 0 fully saturated rings. The van der Waals surface area contributed by atoms with Crippen molar-refractivity contribution in [1.29, 1.82) is 0 Å². The third kappa shape index (κ3) is 3.31. The van der Waals surface area contributed by atoms with Crippen molar-refractivity contribution in [3.8, 4) is 33.8 Å². The first-order valence-corrected chi connectivity index (χ1v) is 8.21. The first-order valence-electron chi connectivity index (χ1n) is 8.21. The molecule has 0 amide bonds. The summed E-state index contributed by atoms with van der Waals surface area (Å²) in [5, 5.41) is 0. The fourth-order valence-electron chi connectivity index (χ4n) is 2.81. The molecule has 4 aromatic rings. The van der Waals surface area contributed by atoms with E-state index in [4.69, 9.17) is 4.98 Å². The van der Waals surface area contributed by atoms with E-state index in [0.29, 0.717) is 0 Å². The lowest BCUT2D eigenvalue weighted by Gasteiger charge is -2.08. The molecule has 3 nitrogen and oxygen atoms in total. The summed E-state index contributed by atoms with van der Waals surface area (Å²) >= 11 is 0. The fourth-order valence-corrected chi connectivity index (χ4v) is 2.81. The summed E-state index contributed by atoms with van der Waals surface area (Å²) in [7, 11) is 0. The molecule has 3 heteroatoms. The average molecular weight is 323 g/mol. The molecular weight excluding hydrogens is 306 g/mol. The lowest BCUT2D eigenvalue weighted by atomic mass is 10.0. The largest absolute Gasteiger partial charge is 0.265 e. The summed E-state index contributed by atoms with van der Waals surface area (Å²) in [6.07, 6.45) is 3.52. The molecule has 0 unspecified atom stereocenters. The van der Waals surface area contributed by atoms with Crippen LogP contribution in [0.1, 0.15) is 5.69 Å². The van der Waals surface area contributed by atoms with Crippen LogP contribution < -0.4 is 0 Å². The molecule has 0 aliphatic heterocycles. The molecule has 2 aromatic carbocycles. The molecule has 2 aromatic heterocycles. The van der Waals surface area contributed by atoms with Gasteiger partial charge in [-0.2, -0.15) is 0 Å². The Bertz CT molecular complexity index is 979. The standard InChI is InChI=1S/C22H17N3/c1-16-15-21(25-22(24-16)20-11-13-23-14-12-20)19-9-7-18(8-10-19)17-5-3-2-4-6-17/h2-15H,1H3. The van der Waals surface area contributed by atoms with E-state index in [2.05, 4.69) is 58.5 Å². The van der Waals surface area contributed by atoms with Crippen molar-refractivity contribution in [2.24, 2.45) is 0 Å². The fraction of sp³-hybridized carbons (Fsp3) is 0.0455. The Morgan fingerprint density at radius 2 is 1.24 bits per heavy atom. The van der Waals surface area contributed by atoms with Crippen LogP contribution in [-0.2, 0) is 0 Å². The Morgan fingerprint density at radius 1 is 0.600 bits per heavy atom. The summed E-state index contributed by atoms with van der Waals surface area (Å²) in [5.74, 6) is 0.726. The van der Waals surface area contributed by atoms with Gasteiger partial charge in [-0.15, -0.1) is 0 Å². The molecule has 25 heavy (non-hydrogen) atoms. The third-order valence-corrected chi connectivity index (χ3v) is 4.08. The van der Waals surface area contributed by atoms with Crippen LogP contribution in [0, 0.1) is 6.92 Å². The summed E-state index contributed by atoms with van der Waals surface area (Å²) in [6, 6.07) is 24.7. The van der Waals surface area contributed by atoms with Gasteiger partial charge in [-0.1, -0.05) is 54.6 Å². The maximum atomic E-state index is 4.74. The summed E-state index contributed by atoms with van der Waals surface area (Å²) in [5.41, 5.74) is 6.35. The zero-order valence-electron chi connectivity index (χ0n) is 13.9. The predicted octanol–water partition coefficient (Wildman–Crippen LogP) is 5.18. The lowest BCUT2D eigenvalue weighted by molar-refractivity contribution is 1.11. The molecule has 0 saturated carbocycles. The first kappa shape index (κ1) is 15.2. The van der Waals surface area contributed by atoms with E-state index < -0.39 is 0 Å². The van der Waals surface area contributed by atoms with Crippen molar-refractivity contribution in [2.75, 3.05) is 0 Å². The summed E-state index contributed by atoms with van der Waals surface area (Å²) in [6.45, 7) is 1.99.